The van der Waals surface area contributed by atoms with Gasteiger partial charge in [-0.1, -0.05) is 36.4 Å². The summed E-state index contributed by atoms with van der Waals surface area (Å²) in [5.74, 6) is 0.253. The van der Waals surface area contributed by atoms with E-state index in [9.17, 15) is 5.11 Å². The number of nitrogens with zero attached hydrogens (tertiary/aromatic N) is 2. The number of aromatic hydroxyl groups is 1. The van der Waals surface area contributed by atoms with Crippen molar-refractivity contribution in [2.24, 2.45) is 0 Å². The third-order valence-electron chi connectivity index (χ3n) is 5.15. The topological polar surface area (TPSA) is 46.0 Å². The van der Waals surface area contributed by atoms with Crippen LogP contribution in [0.5, 0.6) is 5.75 Å². The number of hydrogen-bond donors (Lipinski definition) is 1. The number of benzene rings is 2. The molecule has 3 heteroatoms. The maximum Gasteiger partial charge on any atom is 0.124 e. The monoisotopic (exact) mass is 350 g/mol. The van der Waals surface area contributed by atoms with Crippen LogP contribution in [0.25, 0.3) is 33.8 Å². The lowest BCUT2D eigenvalue weighted by Crippen LogP contribution is -2.06. The van der Waals surface area contributed by atoms with Crippen molar-refractivity contribution in [2.75, 3.05) is 0 Å². The van der Waals surface area contributed by atoms with E-state index in [0.29, 0.717) is 0 Å². The molecule has 2 heterocycles. The molecule has 27 heavy (non-hydrogen) atoms. The van der Waals surface area contributed by atoms with Crippen molar-refractivity contribution in [3.63, 3.8) is 0 Å². The number of aromatic nitrogens is 2. The molecule has 4 aromatic rings. The van der Waals surface area contributed by atoms with Gasteiger partial charge in [-0.05, 0) is 60.4 Å². The van der Waals surface area contributed by atoms with Crippen LogP contribution in [0.3, 0.4) is 0 Å². The van der Waals surface area contributed by atoms with Gasteiger partial charge in [0.15, 0.2) is 0 Å². The minimum absolute atomic E-state index is 0.253. The number of para-hydroxylation sites is 1. The Labute approximate surface area is 158 Å². The fourth-order valence-corrected chi connectivity index (χ4v) is 3.74. The average Bonchev–Trinajstić information content (AvgIpc) is 2.74. The highest BCUT2D eigenvalue weighted by Crippen LogP contribution is 2.37. The van der Waals surface area contributed by atoms with Gasteiger partial charge in [-0.2, -0.15) is 0 Å². The zero-order chi connectivity index (χ0) is 18.2. The summed E-state index contributed by atoms with van der Waals surface area (Å²) in [7, 11) is 0. The van der Waals surface area contributed by atoms with Crippen molar-refractivity contribution in [3.05, 3.63) is 90.1 Å². The van der Waals surface area contributed by atoms with Crippen LogP contribution in [-0.2, 0) is 12.8 Å². The zero-order valence-electron chi connectivity index (χ0n) is 14.8. The van der Waals surface area contributed by atoms with Crippen LogP contribution in [0, 0.1) is 0 Å². The number of fused-ring (bicyclic) bond motifs is 3. The van der Waals surface area contributed by atoms with E-state index in [2.05, 4.69) is 29.2 Å². The molecule has 2 aromatic heterocycles. The molecule has 0 saturated heterocycles. The van der Waals surface area contributed by atoms with E-state index in [-0.39, 0.29) is 5.75 Å². The molecule has 0 aliphatic heterocycles. The molecule has 0 bridgehead atoms. The van der Waals surface area contributed by atoms with E-state index in [1.807, 2.05) is 48.7 Å². The maximum absolute atomic E-state index is 10.2. The van der Waals surface area contributed by atoms with Crippen molar-refractivity contribution < 1.29 is 5.11 Å². The van der Waals surface area contributed by atoms with E-state index in [0.717, 1.165) is 46.6 Å². The van der Waals surface area contributed by atoms with Gasteiger partial charge in [0.25, 0.3) is 0 Å². The fraction of sp³-hybridized carbons (Fsp3) is 0.0833. The lowest BCUT2D eigenvalue weighted by atomic mass is 9.87. The summed E-state index contributed by atoms with van der Waals surface area (Å²) in [5.41, 5.74) is 8.34. The summed E-state index contributed by atoms with van der Waals surface area (Å²) < 4.78 is 0. The molecule has 3 nitrogen and oxygen atoms in total. The van der Waals surface area contributed by atoms with Crippen LogP contribution in [-0.4, -0.2) is 15.1 Å². The normalized spacial score (nSPS) is 12.3. The Morgan fingerprint density at radius 2 is 1.52 bits per heavy atom. The van der Waals surface area contributed by atoms with Crippen molar-refractivity contribution in [2.45, 2.75) is 12.8 Å². The molecule has 0 spiro atoms. The lowest BCUT2D eigenvalue weighted by Gasteiger charge is -2.20. The fourth-order valence-electron chi connectivity index (χ4n) is 3.74. The number of hydrogen-bond acceptors (Lipinski definition) is 3. The molecule has 1 aliphatic carbocycles. The Bertz CT molecular complexity index is 1140. The van der Waals surface area contributed by atoms with Crippen LogP contribution < -0.4 is 0 Å². The maximum atomic E-state index is 10.2. The standard InChI is InChI=1S/C24H18N2O/c27-23-7-2-1-5-19(23)22-13-12-17-10-8-16-9-11-18(15-20(16)24(17)26-22)21-6-3-4-14-25-21/h1-7,9,11-15,27H,8,10H2. The highest BCUT2D eigenvalue weighted by Gasteiger charge is 2.19. The Morgan fingerprint density at radius 1 is 0.704 bits per heavy atom. The average molecular weight is 350 g/mol. The second kappa shape index (κ2) is 6.36. The van der Waals surface area contributed by atoms with Crippen LogP contribution in [0.4, 0.5) is 0 Å². The molecule has 0 radical (unpaired) electrons. The van der Waals surface area contributed by atoms with Gasteiger partial charge >= 0.3 is 0 Å². The molecule has 0 saturated carbocycles. The predicted molar refractivity (Wildman–Crippen MR) is 107 cm³/mol. The molecule has 0 atom stereocenters. The third-order valence-corrected chi connectivity index (χ3v) is 5.15. The Morgan fingerprint density at radius 3 is 2.37 bits per heavy atom. The molecule has 2 aromatic carbocycles. The SMILES string of the molecule is Oc1ccccc1-c1ccc2c(n1)-c1cc(-c3ccccn3)ccc1CC2. The Balaban J connectivity index is 1.67. The van der Waals surface area contributed by atoms with Crippen molar-refractivity contribution in [1.82, 2.24) is 9.97 Å². The largest absolute Gasteiger partial charge is 0.507 e. The van der Waals surface area contributed by atoms with E-state index in [1.54, 1.807) is 6.07 Å². The van der Waals surface area contributed by atoms with E-state index in [4.69, 9.17) is 4.98 Å². The molecule has 1 N–H and O–H groups in total. The van der Waals surface area contributed by atoms with Gasteiger partial charge in [0.05, 0.1) is 17.1 Å². The Kier molecular flexibility index (Phi) is 3.72. The molecule has 5 rings (SSSR count). The first kappa shape index (κ1) is 15.8. The van der Waals surface area contributed by atoms with E-state index >= 15 is 0 Å². The van der Waals surface area contributed by atoms with Crippen molar-refractivity contribution >= 4 is 0 Å². The number of phenolic OH excluding ortho intramolecular Hbond substituents is 1. The second-order valence-corrected chi connectivity index (χ2v) is 6.81. The van der Waals surface area contributed by atoms with Crippen LogP contribution in [0.15, 0.2) is 79.0 Å². The molecule has 0 amide bonds. The minimum atomic E-state index is 0.253. The Hall–Kier alpha value is -3.46. The summed E-state index contributed by atoms with van der Waals surface area (Å²) in [6.07, 6.45) is 3.82. The number of phenols is 1. The summed E-state index contributed by atoms with van der Waals surface area (Å²) in [5, 5.41) is 10.2. The predicted octanol–water partition coefficient (Wildman–Crippen LogP) is 5.28. The highest BCUT2D eigenvalue weighted by atomic mass is 16.3. The zero-order valence-corrected chi connectivity index (χ0v) is 14.8. The minimum Gasteiger partial charge on any atom is -0.507 e. The molecule has 130 valence electrons. The second-order valence-electron chi connectivity index (χ2n) is 6.81. The lowest BCUT2D eigenvalue weighted by molar-refractivity contribution is 0.477. The van der Waals surface area contributed by atoms with Crippen molar-refractivity contribution in [1.29, 1.82) is 0 Å². The molecular weight excluding hydrogens is 332 g/mol. The summed E-state index contributed by atoms with van der Waals surface area (Å²) in [6.45, 7) is 0. The third kappa shape index (κ3) is 2.77. The van der Waals surface area contributed by atoms with E-state index in [1.165, 1.54) is 11.1 Å². The summed E-state index contributed by atoms with van der Waals surface area (Å²) in [4.78, 5) is 9.42. The smallest absolute Gasteiger partial charge is 0.124 e. The molecule has 1 aliphatic rings. The van der Waals surface area contributed by atoms with Crippen LogP contribution in [0.2, 0.25) is 0 Å². The first-order valence-corrected chi connectivity index (χ1v) is 9.12. The van der Waals surface area contributed by atoms with Gasteiger partial charge in [-0.25, -0.2) is 4.98 Å². The van der Waals surface area contributed by atoms with Crippen molar-refractivity contribution in [3.8, 4) is 39.5 Å². The van der Waals surface area contributed by atoms with Gasteiger partial charge in [0, 0.05) is 22.9 Å². The van der Waals surface area contributed by atoms with Crippen LogP contribution >= 0.6 is 0 Å². The molecule has 0 fully saturated rings. The summed E-state index contributed by atoms with van der Waals surface area (Å²) in [6, 6.07) is 24.0. The highest BCUT2D eigenvalue weighted by molar-refractivity contribution is 5.78. The summed E-state index contributed by atoms with van der Waals surface area (Å²) >= 11 is 0. The quantitative estimate of drug-likeness (QED) is 0.535. The van der Waals surface area contributed by atoms with Gasteiger partial charge in [-0.15, -0.1) is 0 Å². The molecular formula is C24H18N2O. The van der Waals surface area contributed by atoms with E-state index < -0.39 is 0 Å². The molecule has 0 unspecified atom stereocenters. The van der Waals surface area contributed by atoms with Gasteiger partial charge < -0.3 is 5.11 Å². The number of pyridine rings is 2. The number of rotatable bonds is 2. The first-order valence-electron chi connectivity index (χ1n) is 9.12. The van der Waals surface area contributed by atoms with Gasteiger partial charge in [0.1, 0.15) is 5.75 Å². The van der Waals surface area contributed by atoms with Crippen LogP contribution in [0.1, 0.15) is 11.1 Å². The first-order chi connectivity index (χ1) is 13.3. The van der Waals surface area contributed by atoms with Gasteiger partial charge in [-0.3, -0.25) is 4.98 Å². The number of aryl methyl sites for hydroxylation is 2. The van der Waals surface area contributed by atoms with Gasteiger partial charge in [0.2, 0.25) is 0 Å².